The lowest BCUT2D eigenvalue weighted by molar-refractivity contribution is 0.102. The highest BCUT2D eigenvalue weighted by molar-refractivity contribution is 6.03. The van der Waals surface area contributed by atoms with Crippen LogP contribution in [0, 0.1) is 13.8 Å². The SMILES string of the molecule is Cc1cc(C)cc(NC(=O)c2ccnc(NC3CCCCC3)n2)c1. The Bertz CT molecular complexity index is 703. The molecule has 0 aliphatic heterocycles. The van der Waals surface area contributed by atoms with E-state index in [9.17, 15) is 4.79 Å². The Labute approximate surface area is 142 Å². The lowest BCUT2D eigenvalue weighted by atomic mass is 9.96. The maximum Gasteiger partial charge on any atom is 0.274 e. The zero-order valence-electron chi connectivity index (χ0n) is 14.3. The van der Waals surface area contributed by atoms with Gasteiger partial charge in [0.25, 0.3) is 5.91 Å². The van der Waals surface area contributed by atoms with E-state index in [0.717, 1.165) is 29.7 Å². The van der Waals surface area contributed by atoms with Crippen molar-refractivity contribution in [2.75, 3.05) is 10.6 Å². The number of hydrogen-bond acceptors (Lipinski definition) is 4. The third kappa shape index (κ3) is 4.31. The molecule has 5 heteroatoms. The van der Waals surface area contributed by atoms with Crippen molar-refractivity contribution in [1.82, 2.24) is 9.97 Å². The molecule has 126 valence electrons. The number of hydrogen-bond donors (Lipinski definition) is 2. The molecule has 1 fully saturated rings. The first-order chi connectivity index (χ1) is 11.6. The average molecular weight is 324 g/mol. The minimum Gasteiger partial charge on any atom is -0.351 e. The molecule has 0 spiro atoms. The first-order valence-corrected chi connectivity index (χ1v) is 8.59. The van der Waals surface area contributed by atoms with Crippen LogP contribution in [-0.4, -0.2) is 21.9 Å². The lowest BCUT2D eigenvalue weighted by Crippen LogP contribution is -2.24. The Balaban J connectivity index is 1.69. The number of aromatic nitrogens is 2. The molecule has 0 saturated heterocycles. The Morgan fingerprint density at radius 1 is 1.08 bits per heavy atom. The van der Waals surface area contributed by atoms with E-state index in [4.69, 9.17) is 0 Å². The summed E-state index contributed by atoms with van der Waals surface area (Å²) in [7, 11) is 0. The predicted octanol–water partition coefficient (Wildman–Crippen LogP) is 4.09. The Morgan fingerprint density at radius 3 is 2.50 bits per heavy atom. The number of anilines is 2. The van der Waals surface area contributed by atoms with Crippen LogP contribution >= 0.6 is 0 Å². The van der Waals surface area contributed by atoms with E-state index >= 15 is 0 Å². The number of amides is 1. The van der Waals surface area contributed by atoms with Gasteiger partial charge in [-0.05, 0) is 56.0 Å². The number of benzene rings is 1. The fraction of sp³-hybridized carbons (Fsp3) is 0.421. The van der Waals surface area contributed by atoms with E-state index < -0.39 is 0 Å². The molecule has 0 unspecified atom stereocenters. The number of carbonyl (C=O) groups is 1. The monoisotopic (exact) mass is 324 g/mol. The summed E-state index contributed by atoms with van der Waals surface area (Å²) >= 11 is 0. The summed E-state index contributed by atoms with van der Waals surface area (Å²) in [5, 5.41) is 6.27. The quantitative estimate of drug-likeness (QED) is 0.889. The van der Waals surface area contributed by atoms with Gasteiger partial charge < -0.3 is 10.6 Å². The average Bonchev–Trinajstić information content (AvgIpc) is 2.55. The lowest BCUT2D eigenvalue weighted by Gasteiger charge is -2.22. The smallest absolute Gasteiger partial charge is 0.274 e. The first-order valence-electron chi connectivity index (χ1n) is 8.59. The zero-order chi connectivity index (χ0) is 16.9. The van der Waals surface area contributed by atoms with Gasteiger partial charge in [-0.3, -0.25) is 4.79 Å². The number of nitrogens with one attached hydrogen (secondary N) is 2. The Kier molecular flexibility index (Phi) is 5.08. The molecule has 2 N–H and O–H groups in total. The number of carbonyl (C=O) groups excluding carboxylic acids is 1. The Hall–Kier alpha value is -2.43. The van der Waals surface area contributed by atoms with Crippen molar-refractivity contribution in [2.45, 2.75) is 52.0 Å². The van der Waals surface area contributed by atoms with E-state index in [2.05, 4.69) is 26.7 Å². The summed E-state index contributed by atoms with van der Waals surface area (Å²) in [6.07, 6.45) is 7.70. The zero-order valence-corrected chi connectivity index (χ0v) is 14.3. The minimum atomic E-state index is -0.214. The highest BCUT2D eigenvalue weighted by Gasteiger charge is 2.15. The van der Waals surface area contributed by atoms with Crippen LogP contribution < -0.4 is 10.6 Å². The molecular weight excluding hydrogens is 300 g/mol. The topological polar surface area (TPSA) is 66.9 Å². The molecule has 1 saturated carbocycles. The van der Waals surface area contributed by atoms with Crippen LogP contribution in [0.15, 0.2) is 30.5 Å². The van der Waals surface area contributed by atoms with Crippen molar-refractivity contribution >= 4 is 17.5 Å². The molecular formula is C19H24N4O. The van der Waals surface area contributed by atoms with Crippen molar-refractivity contribution in [3.63, 3.8) is 0 Å². The maximum atomic E-state index is 12.5. The van der Waals surface area contributed by atoms with Gasteiger partial charge in [0, 0.05) is 17.9 Å². The Morgan fingerprint density at radius 2 is 1.79 bits per heavy atom. The second kappa shape index (κ2) is 7.43. The summed E-state index contributed by atoms with van der Waals surface area (Å²) in [6, 6.07) is 8.04. The van der Waals surface area contributed by atoms with E-state index in [1.807, 2.05) is 26.0 Å². The van der Waals surface area contributed by atoms with Gasteiger partial charge in [-0.1, -0.05) is 25.3 Å². The van der Waals surface area contributed by atoms with Gasteiger partial charge in [0.05, 0.1) is 0 Å². The number of rotatable bonds is 4. The van der Waals surface area contributed by atoms with E-state index in [0.29, 0.717) is 17.7 Å². The number of nitrogens with zero attached hydrogens (tertiary/aromatic N) is 2. The molecule has 1 aliphatic rings. The van der Waals surface area contributed by atoms with Crippen LogP contribution in [0.2, 0.25) is 0 Å². The van der Waals surface area contributed by atoms with Crippen molar-refractivity contribution < 1.29 is 4.79 Å². The van der Waals surface area contributed by atoms with E-state index in [-0.39, 0.29) is 5.91 Å². The largest absolute Gasteiger partial charge is 0.351 e. The van der Waals surface area contributed by atoms with Crippen LogP contribution in [0.4, 0.5) is 11.6 Å². The predicted molar refractivity (Wildman–Crippen MR) is 96.4 cm³/mol. The molecule has 1 amide bonds. The highest BCUT2D eigenvalue weighted by Crippen LogP contribution is 2.20. The molecule has 0 atom stereocenters. The standard InChI is InChI=1S/C19H24N4O/c1-13-10-14(2)12-16(11-13)21-18(24)17-8-9-20-19(23-17)22-15-6-4-3-5-7-15/h8-12,15H,3-7H2,1-2H3,(H,21,24)(H,20,22,23). The highest BCUT2D eigenvalue weighted by atomic mass is 16.1. The van der Waals surface area contributed by atoms with Gasteiger partial charge in [0.1, 0.15) is 5.69 Å². The van der Waals surface area contributed by atoms with Gasteiger partial charge in [0.15, 0.2) is 0 Å². The third-order valence-electron chi connectivity index (χ3n) is 4.31. The molecule has 5 nitrogen and oxygen atoms in total. The molecule has 0 radical (unpaired) electrons. The summed E-state index contributed by atoms with van der Waals surface area (Å²) in [6.45, 7) is 4.03. The van der Waals surface area contributed by atoms with E-state index in [1.54, 1.807) is 12.3 Å². The van der Waals surface area contributed by atoms with Crippen molar-refractivity contribution in [3.8, 4) is 0 Å². The molecule has 1 aromatic carbocycles. The van der Waals surface area contributed by atoms with Gasteiger partial charge in [-0.25, -0.2) is 9.97 Å². The van der Waals surface area contributed by atoms with E-state index in [1.165, 1.54) is 19.3 Å². The number of aryl methyl sites for hydroxylation is 2. The molecule has 24 heavy (non-hydrogen) atoms. The molecule has 3 rings (SSSR count). The van der Waals surface area contributed by atoms with Gasteiger partial charge in [0.2, 0.25) is 5.95 Å². The minimum absolute atomic E-state index is 0.214. The molecule has 1 aromatic heterocycles. The van der Waals surface area contributed by atoms with Crippen molar-refractivity contribution in [3.05, 3.63) is 47.3 Å². The fourth-order valence-corrected chi connectivity index (χ4v) is 3.23. The normalized spacial score (nSPS) is 15.1. The van der Waals surface area contributed by atoms with Gasteiger partial charge in [-0.15, -0.1) is 0 Å². The van der Waals surface area contributed by atoms with Crippen LogP contribution in [0.25, 0.3) is 0 Å². The molecule has 1 aliphatic carbocycles. The fourth-order valence-electron chi connectivity index (χ4n) is 3.23. The first kappa shape index (κ1) is 16.4. The van der Waals surface area contributed by atoms with Crippen LogP contribution in [0.5, 0.6) is 0 Å². The molecule has 0 bridgehead atoms. The van der Waals surface area contributed by atoms with Gasteiger partial charge >= 0.3 is 0 Å². The summed E-state index contributed by atoms with van der Waals surface area (Å²) < 4.78 is 0. The third-order valence-corrected chi connectivity index (χ3v) is 4.31. The summed E-state index contributed by atoms with van der Waals surface area (Å²) in [5.41, 5.74) is 3.40. The van der Waals surface area contributed by atoms with Crippen LogP contribution in [0.1, 0.15) is 53.7 Å². The van der Waals surface area contributed by atoms with Crippen LogP contribution in [0.3, 0.4) is 0 Å². The van der Waals surface area contributed by atoms with Crippen LogP contribution in [-0.2, 0) is 0 Å². The van der Waals surface area contributed by atoms with Crippen molar-refractivity contribution in [1.29, 1.82) is 0 Å². The van der Waals surface area contributed by atoms with Gasteiger partial charge in [-0.2, -0.15) is 0 Å². The second-order valence-corrected chi connectivity index (χ2v) is 6.58. The van der Waals surface area contributed by atoms with Crippen molar-refractivity contribution in [2.24, 2.45) is 0 Å². The maximum absolute atomic E-state index is 12.5. The molecule has 2 aromatic rings. The summed E-state index contributed by atoms with van der Waals surface area (Å²) in [4.78, 5) is 21.1. The molecule has 1 heterocycles. The second-order valence-electron chi connectivity index (χ2n) is 6.58. The summed E-state index contributed by atoms with van der Waals surface area (Å²) in [5.74, 6) is 0.323.